The summed E-state index contributed by atoms with van der Waals surface area (Å²) in [5.74, 6) is 1.06. The Morgan fingerprint density at radius 2 is 1.12 bits per heavy atom. The van der Waals surface area contributed by atoms with E-state index in [2.05, 4.69) is 4.74 Å². The zero-order valence-electron chi connectivity index (χ0n) is 15.2. The molecule has 0 heterocycles. The predicted molar refractivity (Wildman–Crippen MR) is 97.5 cm³/mol. The largest absolute Gasteiger partial charge is 0.469 e. The number of rotatable bonds is 15. The zero-order chi connectivity index (χ0) is 17.5. The van der Waals surface area contributed by atoms with Crippen molar-refractivity contribution in [1.82, 2.24) is 0 Å². The van der Waals surface area contributed by atoms with Gasteiger partial charge in [-0.3, -0.25) is 9.59 Å². The molecule has 1 aliphatic rings. The van der Waals surface area contributed by atoms with E-state index in [1.54, 1.807) is 0 Å². The Kier molecular flexibility index (Phi) is 12.8. The molecule has 1 rings (SSSR count). The van der Waals surface area contributed by atoms with Gasteiger partial charge in [-0.05, 0) is 38.5 Å². The number of carbonyl (C=O) groups excluding carboxylic acids is 2. The highest BCUT2D eigenvalue weighted by atomic mass is 16.5. The predicted octanol–water partition coefficient (Wildman–Crippen LogP) is 5.21. The lowest BCUT2D eigenvalue weighted by molar-refractivity contribution is -0.140. The molecule has 0 saturated heterocycles. The number of hydrogen-bond donors (Lipinski definition) is 0. The Morgan fingerprint density at radius 1 is 0.708 bits per heavy atom. The van der Waals surface area contributed by atoms with Crippen LogP contribution >= 0.6 is 0 Å². The van der Waals surface area contributed by atoms with Gasteiger partial charge < -0.3 is 4.74 Å². The van der Waals surface area contributed by atoms with Gasteiger partial charge in [-0.2, -0.15) is 0 Å². The molecule has 0 unspecified atom stereocenters. The van der Waals surface area contributed by atoms with E-state index in [4.69, 9.17) is 0 Å². The lowest BCUT2D eigenvalue weighted by Crippen LogP contribution is -2.08. The van der Waals surface area contributed by atoms with Gasteiger partial charge in [0.25, 0.3) is 0 Å². The Labute approximate surface area is 148 Å². The third-order valence-electron chi connectivity index (χ3n) is 4.50. The van der Waals surface area contributed by atoms with Crippen LogP contribution in [0.5, 0.6) is 0 Å². The maximum atomic E-state index is 11.8. The quantitative estimate of drug-likeness (QED) is 0.305. The Bertz CT molecular complexity index is 332. The fraction of sp³-hybridized carbons (Fsp3) is 0.667. The zero-order valence-corrected chi connectivity index (χ0v) is 15.2. The highest BCUT2D eigenvalue weighted by Gasteiger charge is 2.23. The third kappa shape index (κ3) is 10.8. The molecule has 3 heteroatoms. The van der Waals surface area contributed by atoms with Crippen molar-refractivity contribution in [1.29, 1.82) is 0 Å². The molecule has 1 saturated carbocycles. The number of esters is 1. The van der Waals surface area contributed by atoms with Crippen LogP contribution in [0.1, 0.15) is 83.5 Å². The smallest absolute Gasteiger partial charge is 0.305 e. The molecule has 0 aromatic rings. The van der Waals surface area contributed by atoms with Crippen molar-refractivity contribution < 1.29 is 14.3 Å². The van der Waals surface area contributed by atoms with Crippen LogP contribution in [0.3, 0.4) is 0 Å². The molecule has 1 fully saturated rings. The highest BCUT2D eigenvalue weighted by molar-refractivity contribution is 5.97. The van der Waals surface area contributed by atoms with Crippen LogP contribution in [0.15, 0.2) is 0 Å². The second-order valence-corrected chi connectivity index (χ2v) is 6.56. The average molecular weight is 333 g/mol. The van der Waals surface area contributed by atoms with Crippen LogP contribution in [0, 0.1) is 31.6 Å². The van der Waals surface area contributed by atoms with Gasteiger partial charge in [0.2, 0.25) is 0 Å². The monoisotopic (exact) mass is 333 g/mol. The maximum Gasteiger partial charge on any atom is 0.305 e. The summed E-state index contributed by atoms with van der Waals surface area (Å²) < 4.78 is 4.62. The standard InChI is InChI=1S/C21H33O3/c1-24-21(23)18-12-10-8-6-4-2-3-5-7-9-11-17-20(22)19-15-13-14-16-19/h13-16H,2-12,17-18H2,1H3. The molecule has 5 radical (unpaired) electrons. The molecule has 24 heavy (non-hydrogen) atoms. The van der Waals surface area contributed by atoms with Crippen molar-refractivity contribution in [2.24, 2.45) is 0 Å². The average Bonchev–Trinajstić information content (AvgIpc) is 3.13. The normalized spacial score (nSPS) is 14.9. The van der Waals surface area contributed by atoms with Gasteiger partial charge in [-0.25, -0.2) is 0 Å². The number of ketones is 1. The lowest BCUT2D eigenvalue weighted by atomic mass is 9.97. The van der Waals surface area contributed by atoms with Gasteiger partial charge in [-0.1, -0.05) is 57.8 Å². The molecule has 0 aliphatic heterocycles. The first-order chi connectivity index (χ1) is 11.7. The second-order valence-electron chi connectivity index (χ2n) is 6.56. The van der Waals surface area contributed by atoms with E-state index in [0.717, 1.165) is 25.2 Å². The van der Waals surface area contributed by atoms with E-state index in [1.165, 1.54) is 58.5 Å². The lowest BCUT2D eigenvalue weighted by Gasteiger charge is -2.06. The molecule has 0 N–H and O–H groups in total. The first-order valence-corrected chi connectivity index (χ1v) is 9.56. The Hall–Kier alpha value is -0.860. The molecule has 0 bridgehead atoms. The summed E-state index contributed by atoms with van der Waals surface area (Å²) in [6.45, 7) is 0. The van der Waals surface area contributed by atoms with Crippen molar-refractivity contribution in [3.05, 3.63) is 31.6 Å². The minimum Gasteiger partial charge on any atom is -0.469 e. The summed E-state index contributed by atoms with van der Waals surface area (Å²) in [5, 5.41) is 0. The van der Waals surface area contributed by atoms with E-state index >= 15 is 0 Å². The van der Waals surface area contributed by atoms with Crippen molar-refractivity contribution in [2.75, 3.05) is 7.11 Å². The summed E-state index contributed by atoms with van der Waals surface area (Å²) >= 11 is 0. The third-order valence-corrected chi connectivity index (χ3v) is 4.50. The summed E-state index contributed by atoms with van der Waals surface area (Å²) in [6, 6.07) is 0. The molecule has 0 atom stereocenters. The van der Waals surface area contributed by atoms with Crippen LogP contribution in [0.2, 0.25) is 0 Å². The molecule has 0 spiro atoms. The molecule has 1 aliphatic carbocycles. The van der Waals surface area contributed by atoms with Crippen molar-refractivity contribution in [3.8, 4) is 0 Å². The van der Waals surface area contributed by atoms with Crippen molar-refractivity contribution >= 4 is 11.8 Å². The molecule has 3 nitrogen and oxygen atoms in total. The van der Waals surface area contributed by atoms with Gasteiger partial charge in [0.1, 0.15) is 5.78 Å². The van der Waals surface area contributed by atoms with E-state index in [0.29, 0.717) is 12.8 Å². The molecular formula is C21H33O3. The van der Waals surface area contributed by atoms with E-state index < -0.39 is 0 Å². The topological polar surface area (TPSA) is 43.4 Å². The summed E-state index contributed by atoms with van der Waals surface area (Å²) in [7, 11) is 1.45. The number of carbonyl (C=O) groups is 2. The van der Waals surface area contributed by atoms with Crippen molar-refractivity contribution in [2.45, 2.75) is 83.5 Å². The van der Waals surface area contributed by atoms with Crippen LogP contribution in [-0.4, -0.2) is 18.9 Å². The fourth-order valence-electron chi connectivity index (χ4n) is 2.95. The summed E-state index contributed by atoms with van der Waals surface area (Å²) in [4.78, 5) is 22.8. The fourth-order valence-corrected chi connectivity index (χ4v) is 2.95. The SMILES string of the molecule is COC(=O)CCCCCCCCCCCCCC(=O)[C]1[CH][CH][CH][CH]1. The second kappa shape index (κ2) is 14.5. The van der Waals surface area contributed by atoms with Gasteiger partial charge in [0, 0.05) is 18.8 Å². The number of hydrogen-bond acceptors (Lipinski definition) is 3. The van der Waals surface area contributed by atoms with E-state index in [-0.39, 0.29) is 11.8 Å². The molecule has 0 amide bonds. The van der Waals surface area contributed by atoms with Gasteiger partial charge in [0.15, 0.2) is 0 Å². The van der Waals surface area contributed by atoms with Crippen LogP contribution in [0.4, 0.5) is 0 Å². The van der Waals surface area contributed by atoms with E-state index in [9.17, 15) is 9.59 Å². The van der Waals surface area contributed by atoms with Crippen LogP contribution in [0.25, 0.3) is 0 Å². The minimum atomic E-state index is -0.0912. The highest BCUT2D eigenvalue weighted by Crippen LogP contribution is 2.25. The number of unbranched alkanes of at least 4 members (excludes halogenated alkanes) is 10. The van der Waals surface area contributed by atoms with Crippen LogP contribution in [-0.2, 0) is 14.3 Å². The molecule has 0 aromatic heterocycles. The molecule has 135 valence electrons. The molecular weight excluding hydrogens is 300 g/mol. The Morgan fingerprint density at radius 3 is 1.58 bits per heavy atom. The maximum absolute atomic E-state index is 11.8. The van der Waals surface area contributed by atoms with Gasteiger partial charge >= 0.3 is 5.97 Å². The summed E-state index contributed by atoms with van der Waals surface area (Å²) in [6.07, 6.45) is 22.1. The first-order valence-electron chi connectivity index (χ1n) is 9.56. The van der Waals surface area contributed by atoms with E-state index in [1.807, 2.05) is 25.7 Å². The van der Waals surface area contributed by atoms with Crippen LogP contribution < -0.4 is 0 Å². The van der Waals surface area contributed by atoms with Gasteiger partial charge in [-0.15, -0.1) is 0 Å². The number of ether oxygens (including phenoxy) is 1. The Balaban J connectivity index is 1.74. The minimum absolute atomic E-state index is 0.0912. The number of methoxy groups -OCH3 is 1. The van der Waals surface area contributed by atoms with Gasteiger partial charge in [0.05, 0.1) is 7.11 Å². The molecule has 0 aromatic carbocycles. The van der Waals surface area contributed by atoms with Crippen molar-refractivity contribution in [3.63, 3.8) is 0 Å². The number of Topliss-reactive ketones (excluding diaryl/α,β-unsaturated/α-hetero) is 1. The summed E-state index contributed by atoms with van der Waals surface area (Å²) in [5.41, 5.74) is 0. The first kappa shape index (κ1) is 21.2.